The van der Waals surface area contributed by atoms with Crippen LogP contribution in [0.15, 0.2) is 73.1 Å². The number of ether oxygens (including phenoxy) is 2. The zero-order valence-electron chi connectivity index (χ0n) is 24.9. The topological polar surface area (TPSA) is 84.8 Å². The fourth-order valence-electron chi connectivity index (χ4n) is 4.73. The van der Waals surface area contributed by atoms with Gasteiger partial charge in [-0.25, -0.2) is 9.97 Å². The number of halogens is 9. The molecule has 0 spiro atoms. The third-order valence-electron chi connectivity index (χ3n) is 6.91. The number of aromatic nitrogens is 2. The predicted molar refractivity (Wildman–Crippen MR) is 154 cm³/mol. The molecule has 3 aromatic carbocycles. The van der Waals surface area contributed by atoms with Crippen molar-refractivity contribution in [1.29, 1.82) is 0 Å². The Balaban J connectivity index is 1.83. The van der Waals surface area contributed by atoms with Crippen LogP contribution >= 0.6 is 0 Å². The van der Waals surface area contributed by atoms with Gasteiger partial charge < -0.3 is 19.5 Å². The molecule has 1 aromatic heterocycles. The van der Waals surface area contributed by atoms with E-state index in [9.17, 15) is 44.3 Å². The van der Waals surface area contributed by atoms with Crippen LogP contribution in [-0.2, 0) is 36.4 Å². The highest BCUT2D eigenvalue weighted by molar-refractivity contribution is 5.74. The Hall–Kier alpha value is -5.02. The second-order valence-electron chi connectivity index (χ2n) is 10.4. The summed E-state index contributed by atoms with van der Waals surface area (Å²) >= 11 is 0. The Kier molecular flexibility index (Phi) is 10.7. The number of carbonyl (C=O) groups is 1. The molecule has 0 fully saturated rings. The molecule has 0 amide bonds. The van der Waals surface area contributed by atoms with Crippen LogP contribution in [0.3, 0.4) is 0 Å². The van der Waals surface area contributed by atoms with Crippen LogP contribution in [0.25, 0.3) is 11.1 Å². The van der Waals surface area contributed by atoms with Gasteiger partial charge >= 0.3 is 24.5 Å². The van der Waals surface area contributed by atoms with Crippen molar-refractivity contribution in [3.05, 3.63) is 101 Å². The van der Waals surface area contributed by atoms with Crippen LogP contribution in [0, 0.1) is 0 Å². The van der Waals surface area contributed by atoms with Gasteiger partial charge in [-0.15, -0.1) is 0 Å². The Morgan fingerprint density at radius 2 is 1.38 bits per heavy atom. The van der Waals surface area contributed by atoms with E-state index in [4.69, 9.17) is 14.6 Å². The molecule has 7 nitrogen and oxygen atoms in total. The number of benzene rings is 3. The van der Waals surface area contributed by atoms with Crippen molar-refractivity contribution in [2.45, 2.75) is 44.5 Å². The quantitative estimate of drug-likeness (QED) is 0.118. The molecule has 0 unspecified atom stereocenters. The maximum absolute atomic E-state index is 13.9. The van der Waals surface area contributed by atoms with Crippen molar-refractivity contribution >= 4 is 11.9 Å². The number of para-hydroxylation sites is 1. The van der Waals surface area contributed by atoms with Gasteiger partial charge in [-0.05, 0) is 59.5 Å². The number of anilines is 1. The fraction of sp³-hybridized carbons (Fsp3) is 0.281. The normalized spacial score (nSPS) is 12.1. The molecule has 0 atom stereocenters. The molecule has 0 aliphatic heterocycles. The van der Waals surface area contributed by atoms with Gasteiger partial charge in [0.15, 0.2) is 5.75 Å². The van der Waals surface area contributed by atoms with E-state index in [1.54, 1.807) is 24.3 Å². The van der Waals surface area contributed by atoms with E-state index in [1.165, 1.54) is 13.2 Å². The summed E-state index contributed by atoms with van der Waals surface area (Å²) in [5, 5.41) is 8.78. The number of carboxylic acids is 1. The van der Waals surface area contributed by atoms with Crippen molar-refractivity contribution in [2.75, 3.05) is 18.6 Å². The van der Waals surface area contributed by atoms with Gasteiger partial charge in [-0.3, -0.25) is 4.79 Å². The third kappa shape index (κ3) is 9.29. The Morgan fingerprint density at radius 3 is 1.94 bits per heavy atom. The van der Waals surface area contributed by atoms with Gasteiger partial charge in [-0.2, -0.15) is 39.5 Å². The minimum Gasteiger partial charge on any atom is -0.496 e. The molecule has 1 heterocycles. The number of methoxy groups -OCH3 is 1. The molecular formula is C32H26F9N3O4. The minimum absolute atomic E-state index is 0.0186. The molecule has 16 heteroatoms. The summed E-state index contributed by atoms with van der Waals surface area (Å²) in [5.41, 5.74) is -4.09. The van der Waals surface area contributed by atoms with Gasteiger partial charge in [0.25, 0.3) is 0 Å². The number of carboxylic acid groups (broad SMARTS) is 1. The minimum atomic E-state index is -5.14. The van der Waals surface area contributed by atoms with Crippen LogP contribution < -0.4 is 14.4 Å². The number of alkyl halides is 9. The van der Waals surface area contributed by atoms with Crippen LogP contribution in [0.2, 0.25) is 0 Å². The predicted octanol–water partition coefficient (Wildman–Crippen LogP) is 8.66. The van der Waals surface area contributed by atoms with Crippen molar-refractivity contribution in [1.82, 2.24) is 9.97 Å². The SMILES string of the molecule is COc1ccccc1-c1ccc(C(F)(F)F)cc1CN(Cc1cc(C(F)(F)F)cc(C(F)(F)F)c1)c1ncc(OCCCC(=O)O)cn1. The van der Waals surface area contributed by atoms with E-state index < -0.39 is 59.8 Å². The summed E-state index contributed by atoms with van der Waals surface area (Å²) < 4.78 is 134. The first-order valence-corrected chi connectivity index (χ1v) is 14.0. The van der Waals surface area contributed by atoms with E-state index in [0.29, 0.717) is 23.4 Å². The zero-order chi connectivity index (χ0) is 35.3. The van der Waals surface area contributed by atoms with E-state index in [-0.39, 0.29) is 48.3 Å². The van der Waals surface area contributed by atoms with E-state index >= 15 is 0 Å². The second-order valence-corrected chi connectivity index (χ2v) is 10.4. The zero-order valence-corrected chi connectivity index (χ0v) is 24.9. The lowest BCUT2D eigenvalue weighted by molar-refractivity contribution is -0.143. The first kappa shape index (κ1) is 35.8. The molecule has 0 aliphatic carbocycles. The molecule has 4 rings (SSSR count). The van der Waals surface area contributed by atoms with Gasteiger partial charge in [0.05, 0.1) is 42.8 Å². The van der Waals surface area contributed by atoms with Crippen LogP contribution in [-0.4, -0.2) is 34.8 Å². The molecule has 0 saturated heterocycles. The summed E-state index contributed by atoms with van der Waals surface area (Å²) in [6.45, 7) is -1.23. The summed E-state index contributed by atoms with van der Waals surface area (Å²) in [6, 6.07) is 10.2. The molecule has 0 radical (unpaired) electrons. The summed E-state index contributed by atoms with van der Waals surface area (Å²) in [7, 11) is 1.35. The molecule has 0 saturated carbocycles. The van der Waals surface area contributed by atoms with E-state index in [0.717, 1.165) is 29.4 Å². The third-order valence-corrected chi connectivity index (χ3v) is 6.91. The lowest BCUT2D eigenvalue weighted by atomic mass is 9.96. The van der Waals surface area contributed by atoms with Crippen molar-refractivity contribution < 1.29 is 58.9 Å². The van der Waals surface area contributed by atoms with Gasteiger partial charge in [0.2, 0.25) is 5.95 Å². The highest BCUT2D eigenvalue weighted by Gasteiger charge is 2.37. The van der Waals surface area contributed by atoms with Crippen molar-refractivity contribution in [3.8, 4) is 22.6 Å². The number of hydrogen-bond acceptors (Lipinski definition) is 6. The molecule has 0 aliphatic rings. The number of nitrogens with zero attached hydrogens (tertiary/aromatic N) is 3. The van der Waals surface area contributed by atoms with Crippen LogP contribution in [0.1, 0.15) is 40.7 Å². The Labute approximate surface area is 267 Å². The summed E-state index contributed by atoms with van der Waals surface area (Å²) in [6.07, 6.45) is -12.9. The standard InChI is InChI=1S/C32H26F9N3O4/c1-47-27-6-3-2-5-26(27)25-9-8-21(30(33,34)35)13-20(25)18-44(29-42-15-24(16-43-29)48-10-4-7-28(45)46)17-19-11-22(31(36,37)38)14-23(12-19)32(39,40)41/h2-3,5-6,8-9,11-16H,4,7,10,17-18H2,1H3,(H,45,46). The van der Waals surface area contributed by atoms with E-state index in [1.807, 2.05) is 0 Å². The maximum atomic E-state index is 13.9. The number of hydrogen-bond donors (Lipinski definition) is 1. The Bertz CT molecular complexity index is 1690. The average molecular weight is 688 g/mol. The molecule has 4 aromatic rings. The molecule has 0 bridgehead atoms. The van der Waals surface area contributed by atoms with Crippen molar-refractivity contribution in [3.63, 3.8) is 0 Å². The first-order valence-electron chi connectivity index (χ1n) is 14.0. The second kappa shape index (κ2) is 14.4. The van der Waals surface area contributed by atoms with Crippen LogP contribution in [0.4, 0.5) is 45.5 Å². The van der Waals surface area contributed by atoms with Gasteiger partial charge in [0.1, 0.15) is 5.75 Å². The molecular weight excluding hydrogens is 661 g/mol. The van der Waals surface area contributed by atoms with Crippen LogP contribution in [0.5, 0.6) is 11.5 Å². The highest BCUT2D eigenvalue weighted by Crippen LogP contribution is 2.39. The Morgan fingerprint density at radius 1 is 0.771 bits per heavy atom. The molecule has 48 heavy (non-hydrogen) atoms. The lowest BCUT2D eigenvalue weighted by Gasteiger charge is -2.26. The maximum Gasteiger partial charge on any atom is 0.416 e. The summed E-state index contributed by atoms with van der Waals surface area (Å²) in [4.78, 5) is 20.1. The first-order chi connectivity index (χ1) is 22.5. The number of rotatable bonds is 12. The van der Waals surface area contributed by atoms with E-state index in [2.05, 4.69) is 9.97 Å². The lowest BCUT2D eigenvalue weighted by Crippen LogP contribution is -2.25. The molecule has 256 valence electrons. The monoisotopic (exact) mass is 687 g/mol. The number of aliphatic carboxylic acids is 1. The van der Waals surface area contributed by atoms with Gasteiger partial charge in [-0.1, -0.05) is 24.3 Å². The fourth-order valence-corrected chi connectivity index (χ4v) is 4.73. The average Bonchev–Trinajstić information content (AvgIpc) is 3.01. The summed E-state index contributed by atoms with van der Waals surface area (Å²) in [5.74, 6) is -0.955. The van der Waals surface area contributed by atoms with Gasteiger partial charge in [0, 0.05) is 25.1 Å². The molecule has 1 N–H and O–H groups in total. The highest BCUT2D eigenvalue weighted by atomic mass is 19.4. The smallest absolute Gasteiger partial charge is 0.416 e. The largest absolute Gasteiger partial charge is 0.496 e. The van der Waals surface area contributed by atoms with Crippen molar-refractivity contribution in [2.24, 2.45) is 0 Å².